The maximum atomic E-state index is 10.3. The highest BCUT2D eigenvalue weighted by Crippen LogP contribution is 2.33. The van der Waals surface area contributed by atoms with Gasteiger partial charge in [0.25, 0.3) is 5.09 Å². The van der Waals surface area contributed by atoms with E-state index < -0.39 is 11.1 Å². The number of carboxylic acids is 1. The first-order valence-electron chi connectivity index (χ1n) is 3.59. The van der Waals surface area contributed by atoms with E-state index in [0.29, 0.717) is 12.8 Å². The topological polar surface area (TPSA) is 89.7 Å². The zero-order chi connectivity index (χ0) is 9.14. The third-order valence-corrected chi connectivity index (χ3v) is 2.00. The molecule has 1 N–H and O–H groups in total. The number of aliphatic carboxylic acids is 1. The molecular formula is C6H9NO5. The Hall–Kier alpha value is -1.33. The third-order valence-electron chi connectivity index (χ3n) is 2.00. The molecule has 0 heterocycles. The monoisotopic (exact) mass is 175 g/mol. The quantitative estimate of drug-likeness (QED) is 0.490. The Morgan fingerprint density at radius 2 is 2.25 bits per heavy atom. The van der Waals surface area contributed by atoms with Crippen molar-refractivity contribution in [1.29, 1.82) is 0 Å². The van der Waals surface area contributed by atoms with Gasteiger partial charge in [-0.2, -0.15) is 0 Å². The van der Waals surface area contributed by atoms with Crippen LogP contribution in [0.2, 0.25) is 0 Å². The zero-order valence-electron chi connectivity index (χ0n) is 6.30. The summed E-state index contributed by atoms with van der Waals surface area (Å²) in [5, 5.41) is 17.3. The highest BCUT2D eigenvalue weighted by Gasteiger charge is 2.34. The molecule has 0 aliphatic heterocycles. The predicted molar refractivity (Wildman–Crippen MR) is 36.8 cm³/mol. The Morgan fingerprint density at radius 3 is 2.67 bits per heavy atom. The van der Waals surface area contributed by atoms with Crippen molar-refractivity contribution in [3.63, 3.8) is 0 Å². The van der Waals surface area contributed by atoms with Gasteiger partial charge < -0.3 is 9.94 Å². The highest BCUT2D eigenvalue weighted by atomic mass is 16.9. The number of hydrogen-bond acceptors (Lipinski definition) is 4. The summed E-state index contributed by atoms with van der Waals surface area (Å²) >= 11 is 0. The van der Waals surface area contributed by atoms with Gasteiger partial charge in [-0.25, -0.2) is 0 Å². The maximum Gasteiger partial charge on any atom is 0.306 e. The molecule has 1 rings (SSSR count). The molecule has 1 saturated carbocycles. The summed E-state index contributed by atoms with van der Waals surface area (Å²) in [5.41, 5.74) is 0. The Labute approximate surface area is 68.2 Å². The van der Waals surface area contributed by atoms with Gasteiger partial charge in [-0.05, 0) is 18.8 Å². The Kier molecular flexibility index (Phi) is 2.47. The van der Waals surface area contributed by atoms with E-state index in [-0.39, 0.29) is 18.4 Å². The molecule has 0 radical (unpaired) electrons. The fourth-order valence-corrected chi connectivity index (χ4v) is 1.24. The van der Waals surface area contributed by atoms with Crippen molar-refractivity contribution >= 4 is 5.97 Å². The van der Waals surface area contributed by atoms with Crippen LogP contribution in [-0.4, -0.2) is 22.8 Å². The summed E-state index contributed by atoms with van der Waals surface area (Å²) in [6.07, 6.45) is 0.979. The SMILES string of the molecule is O=C(O)[C@H]1C[C@@H](CO[N+](=O)[O-])C1. The van der Waals surface area contributed by atoms with Crippen molar-refractivity contribution < 1.29 is 19.8 Å². The second kappa shape index (κ2) is 3.38. The van der Waals surface area contributed by atoms with E-state index >= 15 is 0 Å². The number of hydrogen-bond donors (Lipinski definition) is 1. The van der Waals surface area contributed by atoms with Crippen LogP contribution in [0, 0.1) is 22.0 Å². The van der Waals surface area contributed by atoms with E-state index in [2.05, 4.69) is 4.84 Å². The minimum Gasteiger partial charge on any atom is -0.481 e. The molecular weight excluding hydrogens is 166 g/mol. The molecule has 0 aromatic rings. The summed E-state index contributed by atoms with van der Waals surface area (Å²) in [4.78, 5) is 24.1. The first-order valence-corrected chi connectivity index (χ1v) is 3.59. The van der Waals surface area contributed by atoms with Crippen LogP contribution in [0.15, 0.2) is 0 Å². The van der Waals surface area contributed by atoms with E-state index in [1.807, 2.05) is 0 Å². The van der Waals surface area contributed by atoms with Crippen LogP contribution in [0.5, 0.6) is 0 Å². The molecule has 0 spiro atoms. The Bertz CT molecular complexity index is 195. The number of rotatable bonds is 4. The lowest BCUT2D eigenvalue weighted by Gasteiger charge is -2.30. The fraction of sp³-hybridized carbons (Fsp3) is 0.833. The van der Waals surface area contributed by atoms with Crippen molar-refractivity contribution in [3.8, 4) is 0 Å². The Balaban J connectivity index is 2.10. The van der Waals surface area contributed by atoms with Crippen molar-refractivity contribution in [2.45, 2.75) is 12.8 Å². The number of carbonyl (C=O) groups is 1. The fourth-order valence-electron chi connectivity index (χ4n) is 1.24. The summed E-state index contributed by atoms with van der Waals surface area (Å²) in [7, 11) is 0. The minimum atomic E-state index is -0.853. The first kappa shape index (κ1) is 8.76. The minimum absolute atomic E-state index is 0.0246. The number of carboxylic acid groups (broad SMARTS) is 1. The first-order chi connectivity index (χ1) is 5.59. The highest BCUT2D eigenvalue weighted by molar-refractivity contribution is 5.71. The van der Waals surface area contributed by atoms with Gasteiger partial charge in [0.2, 0.25) is 0 Å². The molecule has 68 valence electrons. The second-order valence-corrected chi connectivity index (χ2v) is 2.89. The van der Waals surface area contributed by atoms with Crippen LogP contribution in [0.4, 0.5) is 0 Å². The predicted octanol–water partition coefficient (Wildman–Crippen LogP) is 0.306. The maximum absolute atomic E-state index is 10.3. The van der Waals surface area contributed by atoms with Crippen molar-refractivity contribution in [2.24, 2.45) is 11.8 Å². The van der Waals surface area contributed by atoms with Crippen molar-refractivity contribution in [2.75, 3.05) is 6.61 Å². The van der Waals surface area contributed by atoms with E-state index in [9.17, 15) is 14.9 Å². The molecule has 1 aliphatic carbocycles. The largest absolute Gasteiger partial charge is 0.481 e. The molecule has 6 nitrogen and oxygen atoms in total. The third kappa shape index (κ3) is 2.08. The molecule has 0 aromatic heterocycles. The second-order valence-electron chi connectivity index (χ2n) is 2.89. The van der Waals surface area contributed by atoms with Crippen LogP contribution in [0.3, 0.4) is 0 Å². The molecule has 0 aromatic carbocycles. The van der Waals surface area contributed by atoms with Crippen molar-refractivity contribution in [1.82, 2.24) is 0 Å². The lowest BCUT2D eigenvalue weighted by atomic mass is 9.75. The molecule has 0 amide bonds. The molecule has 0 unspecified atom stereocenters. The van der Waals surface area contributed by atoms with Crippen LogP contribution in [0.1, 0.15) is 12.8 Å². The summed E-state index contributed by atoms with van der Waals surface area (Å²) < 4.78 is 0. The van der Waals surface area contributed by atoms with E-state index in [4.69, 9.17) is 5.11 Å². The van der Waals surface area contributed by atoms with E-state index in [1.165, 1.54) is 0 Å². The van der Waals surface area contributed by atoms with Gasteiger partial charge in [0.05, 0.1) is 12.5 Å². The lowest BCUT2D eigenvalue weighted by Crippen LogP contribution is -2.33. The molecule has 1 aliphatic rings. The lowest BCUT2D eigenvalue weighted by molar-refractivity contribution is -0.759. The van der Waals surface area contributed by atoms with Gasteiger partial charge in [-0.15, -0.1) is 10.1 Å². The zero-order valence-corrected chi connectivity index (χ0v) is 6.30. The van der Waals surface area contributed by atoms with E-state index in [0.717, 1.165) is 0 Å². The summed E-state index contributed by atoms with van der Waals surface area (Å²) in [6.45, 7) is 0.0246. The van der Waals surface area contributed by atoms with Gasteiger partial charge in [0, 0.05) is 0 Å². The van der Waals surface area contributed by atoms with E-state index in [1.54, 1.807) is 0 Å². The van der Waals surface area contributed by atoms with Crippen LogP contribution < -0.4 is 0 Å². The van der Waals surface area contributed by atoms with Crippen LogP contribution in [0.25, 0.3) is 0 Å². The molecule has 0 atom stereocenters. The van der Waals surface area contributed by atoms with Gasteiger partial charge in [0.1, 0.15) is 0 Å². The normalized spacial score (nSPS) is 27.3. The molecule has 0 bridgehead atoms. The molecule has 0 saturated heterocycles. The van der Waals surface area contributed by atoms with Gasteiger partial charge in [-0.1, -0.05) is 0 Å². The van der Waals surface area contributed by atoms with Crippen molar-refractivity contribution in [3.05, 3.63) is 10.1 Å². The average molecular weight is 175 g/mol. The smallest absolute Gasteiger partial charge is 0.306 e. The van der Waals surface area contributed by atoms with Gasteiger partial charge in [-0.3, -0.25) is 4.79 Å². The molecule has 12 heavy (non-hydrogen) atoms. The van der Waals surface area contributed by atoms with Crippen LogP contribution in [-0.2, 0) is 9.63 Å². The average Bonchev–Trinajstić information content (AvgIpc) is 1.82. The van der Waals surface area contributed by atoms with Gasteiger partial charge in [0.15, 0.2) is 0 Å². The number of nitrogens with zero attached hydrogens (tertiary/aromatic N) is 1. The standard InChI is InChI=1S/C6H9NO5/c8-6(9)5-1-4(2-5)3-12-7(10)11/h4-5H,1-3H2,(H,8,9)/t4-,5+. The molecule has 1 fully saturated rings. The molecule has 6 heteroatoms. The van der Waals surface area contributed by atoms with Gasteiger partial charge >= 0.3 is 5.97 Å². The summed E-state index contributed by atoms with van der Waals surface area (Å²) in [5.74, 6) is -1.12. The van der Waals surface area contributed by atoms with Crippen LogP contribution >= 0.6 is 0 Å². The Morgan fingerprint density at radius 1 is 1.67 bits per heavy atom. The summed E-state index contributed by atoms with van der Waals surface area (Å²) in [6, 6.07) is 0.